The van der Waals surface area contributed by atoms with Crippen LogP contribution in [0.1, 0.15) is 10.4 Å². The van der Waals surface area contributed by atoms with Crippen LogP contribution in [0.5, 0.6) is 0 Å². The van der Waals surface area contributed by atoms with Crippen LogP contribution in [0.3, 0.4) is 0 Å². The SMILES string of the molecule is CN(C)CCN(C(=O)c1cc(-c2cccs2)nc2ccccc12)c1nc2ccc(Cl)cc2s1. The number of hydrogen-bond donors (Lipinski definition) is 0. The third-order valence-corrected chi connectivity index (χ3v) is 7.47. The predicted molar refractivity (Wildman–Crippen MR) is 140 cm³/mol. The van der Waals surface area contributed by atoms with E-state index < -0.39 is 0 Å². The number of anilines is 1. The van der Waals surface area contributed by atoms with E-state index >= 15 is 0 Å². The van der Waals surface area contributed by atoms with E-state index in [9.17, 15) is 4.79 Å². The van der Waals surface area contributed by atoms with Crippen molar-refractivity contribution in [2.75, 3.05) is 32.1 Å². The van der Waals surface area contributed by atoms with Crippen molar-refractivity contribution in [2.24, 2.45) is 0 Å². The Morgan fingerprint density at radius 3 is 2.61 bits per heavy atom. The summed E-state index contributed by atoms with van der Waals surface area (Å²) in [5, 5.41) is 4.17. The number of benzene rings is 2. The smallest absolute Gasteiger partial charge is 0.260 e. The van der Waals surface area contributed by atoms with Gasteiger partial charge in [-0.25, -0.2) is 9.97 Å². The molecule has 0 atom stereocenters. The van der Waals surface area contributed by atoms with E-state index in [0.29, 0.717) is 28.8 Å². The summed E-state index contributed by atoms with van der Waals surface area (Å²) in [6.45, 7) is 1.23. The van der Waals surface area contributed by atoms with Gasteiger partial charge >= 0.3 is 0 Å². The van der Waals surface area contributed by atoms with Crippen LogP contribution in [0.15, 0.2) is 66.0 Å². The number of thiophene rings is 1. The second kappa shape index (κ2) is 9.19. The molecule has 3 aromatic heterocycles. The number of aromatic nitrogens is 2. The first-order valence-electron chi connectivity index (χ1n) is 10.5. The number of halogens is 1. The van der Waals surface area contributed by atoms with Gasteiger partial charge in [0.2, 0.25) is 0 Å². The summed E-state index contributed by atoms with van der Waals surface area (Å²) < 4.78 is 0.957. The van der Waals surface area contributed by atoms with E-state index in [1.807, 2.05) is 80.1 Å². The molecule has 0 bridgehead atoms. The lowest BCUT2D eigenvalue weighted by molar-refractivity contribution is 0.0987. The van der Waals surface area contributed by atoms with Gasteiger partial charge in [0.25, 0.3) is 5.91 Å². The third-order valence-electron chi connectivity index (χ3n) is 5.31. The first-order valence-corrected chi connectivity index (χ1v) is 12.5. The van der Waals surface area contributed by atoms with E-state index in [0.717, 1.165) is 31.7 Å². The highest BCUT2D eigenvalue weighted by molar-refractivity contribution is 7.22. The lowest BCUT2D eigenvalue weighted by Gasteiger charge is -2.23. The number of carbonyl (C=O) groups is 1. The molecule has 5 aromatic rings. The maximum absolute atomic E-state index is 14.1. The Balaban J connectivity index is 1.64. The van der Waals surface area contributed by atoms with Gasteiger partial charge < -0.3 is 4.90 Å². The fourth-order valence-electron chi connectivity index (χ4n) is 3.63. The molecular formula is C25H21ClN4OS2. The molecule has 0 aliphatic rings. The van der Waals surface area contributed by atoms with Crippen LogP contribution in [0.2, 0.25) is 5.02 Å². The zero-order valence-electron chi connectivity index (χ0n) is 18.2. The molecule has 3 heterocycles. The quantitative estimate of drug-likeness (QED) is 0.274. The summed E-state index contributed by atoms with van der Waals surface area (Å²) in [5.74, 6) is -0.0848. The van der Waals surface area contributed by atoms with Crippen molar-refractivity contribution in [3.05, 3.63) is 76.6 Å². The zero-order chi connectivity index (χ0) is 22.9. The number of carbonyl (C=O) groups excluding carboxylic acids is 1. The number of para-hydroxylation sites is 1. The Bertz CT molecular complexity index is 1450. The Kier molecular flexibility index (Phi) is 6.12. The van der Waals surface area contributed by atoms with Gasteiger partial charge in [-0.3, -0.25) is 9.69 Å². The first-order chi connectivity index (χ1) is 16.0. The highest BCUT2D eigenvalue weighted by Gasteiger charge is 2.24. The number of likely N-dealkylation sites (N-methyl/N-ethyl adjacent to an activating group) is 1. The molecule has 0 aliphatic heterocycles. The van der Waals surface area contributed by atoms with E-state index in [1.54, 1.807) is 16.2 Å². The van der Waals surface area contributed by atoms with Crippen LogP contribution >= 0.6 is 34.3 Å². The monoisotopic (exact) mass is 492 g/mol. The second-order valence-corrected chi connectivity index (χ2v) is 10.3. The molecule has 0 fully saturated rings. The van der Waals surface area contributed by atoms with E-state index in [1.165, 1.54) is 11.3 Å². The van der Waals surface area contributed by atoms with E-state index in [4.69, 9.17) is 21.6 Å². The predicted octanol–water partition coefficient (Wildman–Crippen LogP) is 6.43. The van der Waals surface area contributed by atoms with Crippen LogP contribution < -0.4 is 4.90 Å². The highest BCUT2D eigenvalue weighted by atomic mass is 35.5. The Labute approximate surface area is 204 Å². The third kappa shape index (κ3) is 4.50. The van der Waals surface area contributed by atoms with Crippen LogP contribution in [-0.2, 0) is 0 Å². The fourth-order valence-corrected chi connectivity index (χ4v) is 5.59. The summed E-state index contributed by atoms with van der Waals surface area (Å²) in [6.07, 6.45) is 0. The van der Waals surface area contributed by atoms with Crippen molar-refractivity contribution in [3.8, 4) is 10.6 Å². The average Bonchev–Trinajstić information content (AvgIpc) is 3.48. The maximum atomic E-state index is 14.1. The highest BCUT2D eigenvalue weighted by Crippen LogP contribution is 2.33. The molecule has 33 heavy (non-hydrogen) atoms. The van der Waals surface area contributed by atoms with Gasteiger partial charge in [0.05, 0.1) is 31.9 Å². The number of thiazole rings is 1. The van der Waals surface area contributed by atoms with E-state index in [-0.39, 0.29) is 5.91 Å². The second-order valence-electron chi connectivity index (χ2n) is 7.92. The molecule has 2 aromatic carbocycles. The molecule has 0 aliphatic carbocycles. The normalized spacial score (nSPS) is 11.5. The fraction of sp³-hybridized carbons (Fsp3) is 0.160. The number of rotatable bonds is 6. The van der Waals surface area contributed by atoms with Gasteiger partial charge in [-0.15, -0.1) is 11.3 Å². The van der Waals surface area contributed by atoms with Gasteiger partial charge in [0.1, 0.15) is 0 Å². The lowest BCUT2D eigenvalue weighted by Crippen LogP contribution is -2.37. The molecule has 0 radical (unpaired) electrons. The van der Waals surface area contributed by atoms with Gasteiger partial charge in [0.15, 0.2) is 5.13 Å². The van der Waals surface area contributed by atoms with Crippen molar-refractivity contribution >= 4 is 66.4 Å². The molecular weight excluding hydrogens is 472 g/mol. The molecule has 8 heteroatoms. The van der Waals surface area contributed by atoms with Crippen LogP contribution in [-0.4, -0.2) is 48.0 Å². The van der Waals surface area contributed by atoms with Gasteiger partial charge in [-0.05, 0) is 55.9 Å². The maximum Gasteiger partial charge on any atom is 0.260 e. The molecule has 5 nitrogen and oxygen atoms in total. The summed E-state index contributed by atoms with van der Waals surface area (Å²) in [5.41, 5.74) is 3.06. The van der Waals surface area contributed by atoms with Crippen molar-refractivity contribution in [1.82, 2.24) is 14.9 Å². The molecule has 0 saturated heterocycles. The topological polar surface area (TPSA) is 49.3 Å². The van der Waals surface area contributed by atoms with Crippen LogP contribution in [0, 0.1) is 0 Å². The average molecular weight is 493 g/mol. The molecule has 1 amide bonds. The number of hydrogen-bond acceptors (Lipinski definition) is 6. The molecule has 166 valence electrons. The van der Waals surface area contributed by atoms with Crippen molar-refractivity contribution in [3.63, 3.8) is 0 Å². The Morgan fingerprint density at radius 2 is 1.82 bits per heavy atom. The first kappa shape index (κ1) is 22.0. The molecule has 0 saturated carbocycles. The molecule has 0 N–H and O–H groups in total. The molecule has 0 spiro atoms. The minimum atomic E-state index is -0.0848. The summed E-state index contributed by atoms with van der Waals surface area (Å²) >= 11 is 9.28. The summed E-state index contributed by atoms with van der Waals surface area (Å²) in [6, 6.07) is 19.3. The summed E-state index contributed by atoms with van der Waals surface area (Å²) in [7, 11) is 4.00. The lowest BCUT2D eigenvalue weighted by atomic mass is 10.1. The minimum absolute atomic E-state index is 0.0848. The number of fused-ring (bicyclic) bond motifs is 2. The van der Waals surface area contributed by atoms with Gasteiger partial charge in [-0.2, -0.15) is 0 Å². The summed E-state index contributed by atoms with van der Waals surface area (Å²) in [4.78, 5) is 28.5. The van der Waals surface area contributed by atoms with Crippen molar-refractivity contribution in [1.29, 1.82) is 0 Å². The number of amides is 1. The molecule has 5 rings (SSSR count). The standard InChI is InChI=1S/C25H21ClN4OS2/c1-29(2)11-12-30(25-28-20-10-9-16(26)14-23(20)33-25)24(31)18-15-21(22-8-5-13-32-22)27-19-7-4-3-6-17(18)19/h3-10,13-15H,11-12H2,1-2H3. The number of pyridine rings is 1. The van der Waals surface area contributed by atoms with Gasteiger partial charge in [0, 0.05) is 23.5 Å². The van der Waals surface area contributed by atoms with Crippen molar-refractivity contribution in [2.45, 2.75) is 0 Å². The van der Waals surface area contributed by atoms with E-state index in [2.05, 4.69) is 4.90 Å². The zero-order valence-corrected chi connectivity index (χ0v) is 20.5. The largest absolute Gasteiger partial charge is 0.308 e. The Morgan fingerprint density at radius 1 is 0.970 bits per heavy atom. The van der Waals surface area contributed by atoms with Gasteiger partial charge in [-0.1, -0.05) is 47.2 Å². The van der Waals surface area contributed by atoms with Crippen LogP contribution in [0.4, 0.5) is 5.13 Å². The van der Waals surface area contributed by atoms with Crippen molar-refractivity contribution < 1.29 is 4.79 Å². The minimum Gasteiger partial charge on any atom is -0.308 e. The van der Waals surface area contributed by atoms with Crippen LogP contribution in [0.25, 0.3) is 31.7 Å². The number of nitrogens with zero attached hydrogens (tertiary/aromatic N) is 4. The molecule has 0 unspecified atom stereocenters. The Hall–Kier alpha value is -2.84.